The van der Waals surface area contributed by atoms with Crippen LogP contribution in [0.4, 0.5) is 14.6 Å². The largest absolute Gasteiger partial charge is 0.508 e. The number of ether oxygens (including phenoxy) is 2. The van der Waals surface area contributed by atoms with Crippen molar-refractivity contribution in [1.82, 2.24) is 30.1 Å². The third-order valence-corrected chi connectivity index (χ3v) is 11.6. The topological polar surface area (TPSA) is 116 Å². The summed E-state index contributed by atoms with van der Waals surface area (Å²) in [5.41, 5.74) is -0.528. The number of pyridine rings is 1. The van der Waals surface area contributed by atoms with Crippen LogP contribution in [0.15, 0.2) is 36.5 Å². The first kappa shape index (κ1) is 30.8. The summed E-state index contributed by atoms with van der Waals surface area (Å²) < 4.78 is 44.8. The monoisotopic (exact) mass is 671 g/mol. The minimum absolute atomic E-state index is 0.0226. The Kier molecular flexibility index (Phi) is 7.19. The Balaban J connectivity index is 1.19. The summed E-state index contributed by atoms with van der Waals surface area (Å²) in [4.78, 5) is 33.6. The van der Waals surface area contributed by atoms with Gasteiger partial charge < -0.3 is 29.7 Å². The summed E-state index contributed by atoms with van der Waals surface area (Å²) in [6.07, 6.45) is 6.72. The van der Waals surface area contributed by atoms with Crippen molar-refractivity contribution in [3.05, 3.63) is 48.2 Å². The van der Waals surface area contributed by atoms with E-state index in [1.165, 1.54) is 18.2 Å². The second-order valence-corrected chi connectivity index (χ2v) is 14.6. The number of piperazine rings is 1. The van der Waals surface area contributed by atoms with Crippen molar-refractivity contribution in [2.75, 3.05) is 57.9 Å². The van der Waals surface area contributed by atoms with Gasteiger partial charge in [-0.3, -0.25) is 14.7 Å². The number of amides is 1. The van der Waals surface area contributed by atoms with E-state index in [9.17, 15) is 9.90 Å². The summed E-state index contributed by atoms with van der Waals surface area (Å²) in [5.74, 6) is -0.905. The normalized spacial score (nSPS) is 29.0. The molecule has 49 heavy (non-hydrogen) atoms. The first-order valence-electron chi connectivity index (χ1n) is 17.2. The Bertz CT molecular complexity index is 2000. The molecule has 5 aliphatic rings. The molecule has 5 aliphatic heterocycles. The highest BCUT2D eigenvalue weighted by Crippen LogP contribution is 2.43. The van der Waals surface area contributed by atoms with Crippen molar-refractivity contribution in [2.45, 2.75) is 61.7 Å². The van der Waals surface area contributed by atoms with E-state index in [-0.39, 0.29) is 69.7 Å². The van der Waals surface area contributed by atoms with Gasteiger partial charge in [-0.2, -0.15) is 9.97 Å². The van der Waals surface area contributed by atoms with Gasteiger partial charge in [-0.25, -0.2) is 8.78 Å². The number of aromatic nitrogens is 3. The molecular weight excluding hydrogens is 632 g/mol. The molecule has 2 aromatic carbocycles. The van der Waals surface area contributed by atoms with Crippen LogP contribution in [0.5, 0.6) is 11.8 Å². The molecule has 0 saturated carbocycles. The molecule has 0 unspecified atom stereocenters. The Labute approximate surface area is 282 Å². The lowest BCUT2D eigenvalue weighted by Gasteiger charge is -2.43. The minimum atomic E-state index is -0.741. The molecule has 2 spiro atoms. The Morgan fingerprint density at radius 2 is 2.00 bits per heavy atom. The fourth-order valence-electron chi connectivity index (χ4n) is 9.07. The van der Waals surface area contributed by atoms with E-state index in [0.29, 0.717) is 55.8 Å². The number of carbonyl (C=O) groups excluding carboxylic acids is 1. The second-order valence-electron chi connectivity index (χ2n) is 14.6. The number of fused-ring (bicyclic) bond motifs is 9. The summed E-state index contributed by atoms with van der Waals surface area (Å²) in [7, 11) is 1.84. The number of nitrogens with one attached hydrogen (secondary N) is 1. The number of rotatable bonds is 1. The zero-order chi connectivity index (χ0) is 33.5. The molecule has 2 N–H and O–H groups in total. The van der Waals surface area contributed by atoms with Crippen LogP contribution >= 0.6 is 0 Å². The predicted octanol–water partition coefficient (Wildman–Crippen LogP) is 4.00. The molecule has 4 fully saturated rings. The first-order chi connectivity index (χ1) is 23.7. The lowest BCUT2D eigenvalue weighted by atomic mass is 9.92. The number of hydrogen-bond donors (Lipinski definition) is 2. The van der Waals surface area contributed by atoms with E-state index < -0.39 is 11.6 Å². The number of hydrogen-bond acceptors (Lipinski definition) is 10. The van der Waals surface area contributed by atoms with E-state index in [4.69, 9.17) is 14.5 Å². The molecule has 11 nitrogen and oxygen atoms in total. The van der Waals surface area contributed by atoms with Gasteiger partial charge in [0.15, 0.2) is 5.82 Å². The first-order valence-corrected chi connectivity index (χ1v) is 17.2. The molecule has 256 valence electrons. The van der Waals surface area contributed by atoms with Crippen molar-refractivity contribution < 1.29 is 28.2 Å². The third-order valence-electron chi connectivity index (χ3n) is 11.6. The number of likely N-dealkylation sites (N-methyl/N-ethyl adjacent to an activating group) is 1. The summed E-state index contributed by atoms with van der Waals surface area (Å²) in [6.45, 7) is 3.78. The van der Waals surface area contributed by atoms with Gasteiger partial charge >= 0.3 is 6.01 Å². The smallest absolute Gasteiger partial charge is 0.319 e. The van der Waals surface area contributed by atoms with Crippen LogP contribution in [-0.2, 0) is 9.53 Å². The predicted molar refractivity (Wildman–Crippen MR) is 179 cm³/mol. The number of halogens is 2. The molecule has 4 atom stereocenters. The standard InChI is InChI=1S/C36H39F2N7O4/c1-43-11-9-35-8-6-22(42-35)16-44(19-35)33-26-15-39-31(25-13-23(46)12-21-4-2-5-27(37)29(21)25)30(38)32(26)40-34(41-33)49-20-36-7-3-10-45(36)17-24(14-36)48-18-28(43)47/h2,4-5,12-13,15,22,24,42,46H,3,6-11,14,16-20H2,1H3/t22-,24+,35-,36+/m0/s1. The van der Waals surface area contributed by atoms with Crippen LogP contribution in [0.3, 0.4) is 0 Å². The summed E-state index contributed by atoms with van der Waals surface area (Å²) >= 11 is 0. The van der Waals surface area contributed by atoms with Crippen molar-refractivity contribution in [1.29, 1.82) is 0 Å². The molecule has 7 bridgehead atoms. The fraction of sp³-hybridized carbons (Fsp3) is 0.500. The maximum atomic E-state index is 16.9. The van der Waals surface area contributed by atoms with Gasteiger partial charge in [-0.1, -0.05) is 12.1 Å². The van der Waals surface area contributed by atoms with Gasteiger partial charge in [0.25, 0.3) is 0 Å². The van der Waals surface area contributed by atoms with Gasteiger partial charge in [0, 0.05) is 62.0 Å². The van der Waals surface area contributed by atoms with Crippen molar-refractivity contribution in [3.63, 3.8) is 0 Å². The number of carbonyl (C=O) groups is 1. The summed E-state index contributed by atoms with van der Waals surface area (Å²) in [6, 6.07) is 7.56. The number of phenolic OH excluding ortho intramolecular Hbond substituents is 1. The zero-order valence-corrected chi connectivity index (χ0v) is 27.4. The SMILES string of the molecule is CN1CC[C@@]23CC[C@@H](CN(C2)c2nc(nc4c(F)c(-c5cc(O)cc6cccc(F)c56)ncc24)OC[C@]24CCCN2C[C@@H](C4)OCC1=O)N3. The Hall–Kier alpha value is -4.20. The van der Waals surface area contributed by atoms with Gasteiger partial charge in [0.05, 0.1) is 17.0 Å². The number of anilines is 1. The lowest BCUT2D eigenvalue weighted by Crippen LogP contribution is -2.60. The van der Waals surface area contributed by atoms with E-state index >= 15 is 8.78 Å². The maximum absolute atomic E-state index is 16.9. The van der Waals surface area contributed by atoms with Crippen LogP contribution in [0.1, 0.15) is 38.5 Å². The highest BCUT2D eigenvalue weighted by atomic mass is 19.1. The van der Waals surface area contributed by atoms with Crippen LogP contribution in [-0.4, -0.2) is 112 Å². The van der Waals surface area contributed by atoms with Crippen molar-refractivity contribution in [3.8, 4) is 23.0 Å². The molecule has 4 aromatic rings. The van der Waals surface area contributed by atoms with Gasteiger partial charge in [-0.05, 0) is 68.7 Å². The summed E-state index contributed by atoms with van der Waals surface area (Å²) in [5, 5.41) is 15.4. The van der Waals surface area contributed by atoms with Gasteiger partial charge in [-0.15, -0.1) is 0 Å². The molecule has 9 rings (SSSR count). The van der Waals surface area contributed by atoms with E-state index in [1.807, 2.05) is 7.05 Å². The number of nitrogens with zero attached hydrogens (tertiary/aromatic N) is 6. The maximum Gasteiger partial charge on any atom is 0.319 e. The van der Waals surface area contributed by atoms with Gasteiger partial charge in [0.1, 0.15) is 41.8 Å². The number of aromatic hydroxyl groups is 1. The van der Waals surface area contributed by atoms with Crippen LogP contribution in [0, 0.1) is 11.6 Å². The van der Waals surface area contributed by atoms with Gasteiger partial charge in [0.2, 0.25) is 5.91 Å². The van der Waals surface area contributed by atoms with Crippen LogP contribution in [0.25, 0.3) is 32.9 Å². The van der Waals surface area contributed by atoms with Crippen molar-refractivity contribution in [2.24, 2.45) is 0 Å². The van der Waals surface area contributed by atoms with Crippen molar-refractivity contribution >= 4 is 33.4 Å². The second kappa shape index (κ2) is 11.4. The molecule has 4 saturated heterocycles. The number of phenols is 1. The highest BCUT2D eigenvalue weighted by Gasteiger charge is 2.50. The lowest BCUT2D eigenvalue weighted by molar-refractivity contribution is -0.136. The molecular formula is C36H39F2N7O4. The van der Waals surface area contributed by atoms with E-state index in [2.05, 4.69) is 25.1 Å². The van der Waals surface area contributed by atoms with Crippen LogP contribution < -0.4 is 15.0 Å². The molecule has 7 heterocycles. The Morgan fingerprint density at radius 3 is 2.90 bits per heavy atom. The van der Waals surface area contributed by atoms with Crippen LogP contribution in [0.2, 0.25) is 0 Å². The molecule has 2 aromatic heterocycles. The van der Waals surface area contributed by atoms with E-state index in [1.54, 1.807) is 23.2 Å². The minimum Gasteiger partial charge on any atom is -0.508 e. The molecule has 0 radical (unpaired) electrons. The molecule has 13 heteroatoms. The highest BCUT2D eigenvalue weighted by molar-refractivity contribution is 6.00. The number of benzene rings is 2. The van der Waals surface area contributed by atoms with E-state index in [0.717, 1.165) is 38.6 Å². The average Bonchev–Trinajstić information content (AvgIpc) is 3.74. The zero-order valence-electron chi connectivity index (χ0n) is 27.4. The quantitative estimate of drug-likeness (QED) is 0.308. The fourth-order valence-corrected chi connectivity index (χ4v) is 9.07. The average molecular weight is 672 g/mol. The molecule has 1 amide bonds. The Morgan fingerprint density at radius 1 is 1.10 bits per heavy atom. The third kappa shape index (κ3) is 5.16. The molecule has 0 aliphatic carbocycles.